The second kappa shape index (κ2) is 16.1. The minimum atomic E-state index is -0.912. The van der Waals surface area contributed by atoms with Gasteiger partial charge in [0.2, 0.25) is 0 Å². The summed E-state index contributed by atoms with van der Waals surface area (Å²) in [5, 5.41) is 0. The molecule has 0 fully saturated rings. The van der Waals surface area contributed by atoms with Crippen molar-refractivity contribution in [1.29, 1.82) is 0 Å². The zero-order valence-electron chi connectivity index (χ0n) is 22.2. The number of nitrogens with zero attached hydrogens (tertiary/aromatic N) is 2. The topological polar surface area (TPSA) is 35.0 Å². The maximum atomic E-state index is 13.8. The Morgan fingerprint density at radius 1 is 0.667 bits per heavy atom. The van der Waals surface area contributed by atoms with Crippen molar-refractivity contribution in [3.05, 3.63) is 66.5 Å². The Labute approximate surface area is 217 Å². The van der Waals surface area contributed by atoms with Gasteiger partial charge >= 0.3 is 0 Å². The minimum absolute atomic E-state index is 0.106. The second-order valence-corrected chi connectivity index (χ2v) is 9.79. The first-order chi connectivity index (χ1) is 17.7. The average Bonchev–Trinajstić information content (AvgIpc) is 2.93. The average molecular weight is 491 g/mol. The van der Waals surface area contributed by atoms with Crippen molar-refractivity contribution in [3.8, 4) is 28.3 Å². The molecule has 0 bridgehead atoms. The maximum Gasteiger partial charge on any atom is 0.159 e. The van der Waals surface area contributed by atoms with Crippen LogP contribution in [-0.4, -0.2) is 22.7 Å². The van der Waals surface area contributed by atoms with E-state index < -0.39 is 6.17 Å². The highest BCUT2D eigenvalue weighted by Crippen LogP contribution is 2.24. The molecule has 0 saturated carbocycles. The molecule has 0 aliphatic carbocycles. The fourth-order valence-electron chi connectivity index (χ4n) is 4.35. The first-order valence-corrected chi connectivity index (χ1v) is 14.0. The lowest BCUT2D eigenvalue weighted by atomic mass is 10.0. The summed E-state index contributed by atoms with van der Waals surface area (Å²) in [6.07, 6.45) is 17.2. The van der Waals surface area contributed by atoms with Crippen LogP contribution >= 0.6 is 0 Å². The number of rotatable bonds is 17. The molecule has 0 saturated heterocycles. The van der Waals surface area contributed by atoms with Crippen molar-refractivity contribution >= 4 is 0 Å². The number of halogens is 1. The fourth-order valence-corrected chi connectivity index (χ4v) is 4.35. The van der Waals surface area contributed by atoms with Crippen molar-refractivity contribution in [2.45, 2.75) is 97.1 Å². The van der Waals surface area contributed by atoms with Crippen molar-refractivity contribution in [1.82, 2.24) is 9.97 Å². The molecule has 3 rings (SSSR count). The van der Waals surface area contributed by atoms with Crippen LogP contribution in [-0.2, 0) is 6.42 Å². The molecule has 1 atom stereocenters. The molecule has 0 spiro atoms. The van der Waals surface area contributed by atoms with Crippen LogP contribution < -0.4 is 4.74 Å². The molecule has 1 aromatic heterocycles. The molecule has 3 aromatic rings. The Hall–Kier alpha value is -2.75. The lowest BCUT2D eigenvalue weighted by molar-refractivity contribution is 0.184. The number of aromatic nitrogens is 2. The van der Waals surface area contributed by atoms with E-state index in [4.69, 9.17) is 4.74 Å². The van der Waals surface area contributed by atoms with Crippen LogP contribution in [0.15, 0.2) is 60.9 Å². The Morgan fingerprint density at radius 2 is 1.25 bits per heavy atom. The highest BCUT2D eigenvalue weighted by molar-refractivity contribution is 5.64. The highest BCUT2D eigenvalue weighted by atomic mass is 19.1. The van der Waals surface area contributed by atoms with Crippen LogP contribution in [0.3, 0.4) is 0 Å². The van der Waals surface area contributed by atoms with E-state index in [1.54, 1.807) is 0 Å². The third kappa shape index (κ3) is 9.72. The number of benzene rings is 2. The largest absolute Gasteiger partial charge is 0.491 e. The summed E-state index contributed by atoms with van der Waals surface area (Å²) in [5.74, 6) is 1.42. The number of hydrogen-bond donors (Lipinski definition) is 0. The van der Waals surface area contributed by atoms with E-state index in [2.05, 4.69) is 48.1 Å². The molecular formula is C32H43FN2O. The maximum absolute atomic E-state index is 13.8. The SMILES string of the molecule is CCCCCCCCCCc1ccc(-c2ncc(-c3ccc(OCC(F)CCCC)cc3)cn2)cc1. The van der Waals surface area contributed by atoms with Gasteiger partial charge in [-0.05, 0) is 42.5 Å². The number of hydrogen-bond acceptors (Lipinski definition) is 3. The van der Waals surface area contributed by atoms with Crippen LogP contribution in [0.4, 0.5) is 4.39 Å². The molecule has 194 valence electrons. The molecule has 0 radical (unpaired) electrons. The van der Waals surface area contributed by atoms with Gasteiger partial charge in [-0.2, -0.15) is 0 Å². The normalized spacial score (nSPS) is 12.0. The summed E-state index contributed by atoms with van der Waals surface area (Å²) in [7, 11) is 0. The van der Waals surface area contributed by atoms with E-state index >= 15 is 0 Å². The van der Waals surface area contributed by atoms with Crippen molar-refractivity contribution in [2.24, 2.45) is 0 Å². The predicted molar refractivity (Wildman–Crippen MR) is 149 cm³/mol. The van der Waals surface area contributed by atoms with E-state index in [1.165, 1.54) is 56.9 Å². The zero-order chi connectivity index (χ0) is 25.4. The van der Waals surface area contributed by atoms with E-state index in [-0.39, 0.29) is 6.61 Å². The first kappa shape index (κ1) is 27.8. The fraction of sp³-hybridized carbons (Fsp3) is 0.500. The standard InChI is InChI=1S/C32H43FN2O/c1-3-5-7-8-9-10-11-12-13-26-15-17-28(18-16-26)32-34-23-29(24-35-32)27-19-21-31(22-20-27)36-25-30(33)14-6-4-2/h15-24,30H,3-14,25H2,1-2H3. The third-order valence-corrected chi connectivity index (χ3v) is 6.67. The molecule has 0 aliphatic heterocycles. The molecular weight excluding hydrogens is 447 g/mol. The Balaban J connectivity index is 1.44. The molecule has 2 aromatic carbocycles. The first-order valence-electron chi connectivity index (χ1n) is 14.0. The van der Waals surface area contributed by atoms with Gasteiger partial charge in [0, 0.05) is 23.5 Å². The van der Waals surface area contributed by atoms with Gasteiger partial charge in [-0.15, -0.1) is 0 Å². The van der Waals surface area contributed by atoms with Crippen LogP contribution in [0.5, 0.6) is 5.75 Å². The quantitative estimate of drug-likeness (QED) is 0.177. The van der Waals surface area contributed by atoms with Gasteiger partial charge in [0.25, 0.3) is 0 Å². The number of alkyl halides is 1. The van der Waals surface area contributed by atoms with Crippen LogP contribution in [0.2, 0.25) is 0 Å². The zero-order valence-corrected chi connectivity index (χ0v) is 22.2. The summed E-state index contributed by atoms with van der Waals surface area (Å²) >= 11 is 0. The van der Waals surface area contributed by atoms with Crippen LogP contribution in [0.25, 0.3) is 22.5 Å². The Morgan fingerprint density at radius 3 is 1.89 bits per heavy atom. The summed E-state index contributed by atoms with van der Waals surface area (Å²) in [5.41, 5.74) is 4.38. The summed E-state index contributed by atoms with van der Waals surface area (Å²) in [6, 6.07) is 16.3. The number of unbranched alkanes of at least 4 members (excludes halogenated alkanes) is 8. The van der Waals surface area contributed by atoms with Gasteiger partial charge in [0.1, 0.15) is 18.5 Å². The van der Waals surface area contributed by atoms with Gasteiger partial charge in [0.05, 0.1) is 0 Å². The Bertz CT molecular complexity index is 971. The smallest absolute Gasteiger partial charge is 0.159 e. The van der Waals surface area contributed by atoms with E-state index in [0.717, 1.165) is 41.8 Å². The number of aryl methyl sites for hydroxylation is 1. The van der Waals surface area contributed by atoms with Gasteiger partial charge in [-0.25, -0.2) is 14.4 Å². The molecule has 4 heteroatoms. The number of ether oxygens (including phenoxy) is 1. The molecule has 1 heterocycles. The third-order valence-electron chi connectivity index (χ3n) is 6.67. The van der Waals surface area contributed by atoms with Crippen LogP contribution in [0.1, 0.15) is 90.0 Å². The van der Waals surface area contributed by atoms with Crippen molar-refractivity contribution in [2.75, 3.05) is 6.61 Å². The monoisotopic (exact) mass is 490 g/mol. The summed E-state index contributed by atoms with van der Waals surface area (Å²) in [6.45, 7) is 4.44. The predicted octanol–water partition coefficient (Wildman–Crippen LogP) is 9.40. The van der Waals surface area contributed by atoms with Gasteiger partial charge < -0.3 is 4.74 Å². The van der Waals surface area contributed by atoms with E-state index in [9.17, 15) is 4.39 Å². The summed E-state index contributed by atoms with van der Waals surface area (Å²) < 4.78 is 19.4. The second-order valence-electron chi connectivity index (χ2n) is 9.79. The van der Waals surface area contributed by atoms with Gasteiger partial charge in [-0.1, -0.05) is 108 Å². The minimum Gasteiger partial charge on any atom is -0.491 e. The van der Waals surface area contributed by atoms with Gasteiger partial charge in [0.15, 0.2) is 5.82 Å². The highest BCUT2D eigenvalue weighted by Gasteiger charge is 2.08. The van der Waals surface area contributed by atoms with Crippen molar-refractivity contribution < 1.29 is 9.13 Å². The van der Waals surface area contributed by atoms with Crippen LogP contribution in [0, 0.1) is 0 Å². The molecule has 1 unspecified atom stereocenters. The molecule has 36 heavy (non-hydrogen) atoms. The Kier molecular flexibility index (Phi) is 12.4. The molecule has 0 aliphatic rings. The lowest BCUT2D eigenvalue weighted by Crippen LogP contribution is -2.12. The van der Waals surface area contributed by atoms with E-state index in [1.807, 2.05) is 36.7 Å². The van der Waals surface area contributed by atoms with Gasteiger partial charge in [-0.3, -0.25) is 0 Å². The summed E-state index contributed by atoms with van der Waals surface area (Å²) in [4.78, 5) is 9.18. The molecule has 3 nitrogen and oxygen atoms in total. The molecule has 0 amide bonds. The van der Waals surface area contributed by atoms with E-state index in [0.29, 0.717) is 12.2 Å². The molecule has 0 N–H and O–H groups in total. The lowest BCUT2D eigenvalue weighted by Gasteiger charge is -2.10. The van der Waals surface area contributed by atoms with Crippen molar-refractivity contribution in [3.63, 3.8) is 0 Å².